The standard InChI is InChI=1S/C33H49N3O5Si/c1-32(2,3)40-31(39)36-28(20-25-17-13-10-14-18-25)29(41-42(7,8)33(4,5)6)21-26(19-24-15-11-9-12-16-24)30(38)35-27(22-34)23-37/h9-18,22-23,26,28-29H,19-21,34H2,1-8H3,(H,35,38)(H,36,39)/b27-22+/t26-,28+,29+/m1/s1. The molecule has 0 spiro atoms. The maximum atomic E-state index is 13.6. The van der Waals surface area contributed by atoms with Gasteiger partial charge in [-0.05, 0) is 69.3 Å². The van der Waals surface area contributed by atoms with Crippen molar-refractivity contribution in [2.24, 2.45) is 11.7 Å². The molecule has 0 saturated carbocycles. The highest BCUT2D eigenvalue weighted by Crippen LogP contribution is 2.39. The molecule has 0 aliphatic heterocycles. The lowest BCUT2D eigenvalue weighted by molar-refractivity contribution is -0.126. The van der Waals surface area contributed by atoms with Gasteiger partial charge < -0.3 is 25.5 Å². The number of nitrogens with one attached hydrogen (secondary N) is 2. The van der Waals surface area contributed by atoms with E-state index in [1.54, 1.807) is 0 Å². The third-order valence-corrected chi connectivity index (χ3v) is 12.0. The van der Waals surface area contributed by atoms with Gasteiger partial charge in [0.05, 0.1) is 17.8 Å². The summed E-state index contributed by atoms with van der Waals surface area (Å²) in [6.45, 7) is 16.2. The van der Waals surface area contributed by atoms with Crippen LogP contribution >= 0.6 is 0 Å². The number of hydrogen-bond acceptors (Lipinski definition) is 6. The van der Waals surface area contributed by atoms with E-state index in [2.05, 4.69) is 44.5 Å². The summed E-state index contributed by atoms with van der Waals surface area (Å²) in [4.78, 5) is 38.3. The Hall–Kier alpha value is -3.43. The molecule has 42 heavy (non-hydrogen) atoms. The number of carbonyl (C=O) groups excluding carboxylic acids is 3. The summed E-state index contributed by atoms with van der Waals surface area (Å²) in [5, 5.41) is 5.63. The Balaban J connectivity index is 2.58. The topological polar surface area (TPSA) is 120 Å². The fourth-order valence-electron chi connectivity index (χ4n) is 4.27. The van der Waals surface area contributed by atoms with Gasteiger partial charge in [-0.2, -0.15) is 0 Å². The molecule has 3 atom stereocenters. The third-order valence-electron chi connectivity index (χ3n) is 7.49. The van der Waals surface area contributed by atoms with Crippen molar-refractivity contribution >= 4 is 26.6 Å². The Morgan fingerprint density at radius 3 is 1.88 bits per heavy atom. The summed E-state index contributed by atoms with van der Waals surface area (Å²) in [7, 11) is -2.40. The van der Waals surface area contributed by atoms with E-state index < -0.39 is 38.1 Å². The number of alkyl carbamates (subject to hydrolysis) is 1. The number of aldehydes is 1. The molecule has 9 heteroatoms. The average molecular weight is 596 g/mol. The molecule has 8 nitrogen and oxygen atoms in total. The van der Waals surface area contributed by atoms with Crippen LogP contribution in [0.25, 0.3) is 0 Å². The molecule has 2 amide bonds. The number of allylic oxidation sites excluding steroid dienone is 1. The second-order valence-corrected chi connectivity index (χ2v) is 18.0. The van der Waals surface area contributed by atoms with E-state index in [0.29, 0.717) is 19.1 Å². The minimum Gasteiger partial charge on any atom is -0.444 e. The summed E-state index contributed by atoms with van der Waals surface area (Å²) in [6, 6.07) is 19.0. The van der Waals surface area contributed by atoms with Crippen LogP contribution in [0.2, 0.25) is 18.1 Å². The summed E-state index contributed by atoms with van der Waals surface area (Å²) >= 11 is 0. The minimum absolute atomic E-state index is 0.00681. The lowest BCUT2D eigenvalue weighted by Crippen LogP contribution is -2.54. The van der Waals surface area contributed by atoms with Crippen molar-refractivity contribution in [3.8, 4) is 0 Å². The van der Waals surface area contributed by atoms with Crippen LogP contribution in [0.15, 0.2) is 72.6 Å². The molecule has 0 heterocycles. The van der Waals surface area contributed by atoms with Crippen LogP contribution in [-0.4, -0.2) is 44.4 Å². The van der Waals surface area contributed by atoms with Crippen LogP contribution in [0.1, 0.15) is 59.1 Å². The van der Waals surface area contributed by atoms with Crippen molar-refractivity contribution in [1.29, 1.82) is 0 Å². The Bertz CT molecular complexity index is 1190. The zero-order valence-electron chi connectivity index (χ0n) is 26.4. The van der Waals surface area contributed by atoms with Gasteiger partial charge >= 0.3 is 6.09 Å². The Morgan fingerprint density at radius 1 is 0.905 bits per heavy atom. The molecule has 0 radical (unpaired) electrons. The Kier molecular flexibility index (Phi) is 12.5. The molecule has 0 unspecified atom stereocenters. The first-order valence-electron chi connectivity index (χ1n) is 14.5. The largest absolute Gasteiger partial charge is 0.444 e. The van der Waals surface area contributed by atoms with Gasteiger partial charge in [-0.1, -0.05) is 81.4 Å². The zero-order chi connectivity index (χ0) is 31.6. The van der Waals surface area contributed by atoms with Crippen molar-refractivity contribution in [3.63, 3.8) is 0 Å². The summed E-state index contributed by atoms with van der Waals surface area (Å²) in [6.07, 6.45) is 1.68. The van der Waals surface area contributed by atoms with E-state index in [0.717, 1.165) is 17.3 Å². The lowest BCUT2D eigenvalue weighted by atomic mass is 9.88. The highest BCUT2D eigenvalue weighted by atomic mass is 28.4. The van der Waals surface area contributed by atoms with E-state index in [4.69, 9.17) is 14.9 Å². The predicted molar refractivity (Wildman–Crippen MR) is 170 cm³/mol. The molecule has 4 N–H and O–H groups in total. The van der Waals surface area contributed by atoms with Crippen LogP contribution in [0.3, 0.4) is 0 Å². The van der Waals surface area contributed by atoms with Crippen LogP contribution in [-0.2, 0) is 31.6 Å². The lowest BCUT2D eigenvalue weighted by Gasteiger charge is -2.42. The van der Waals surface area contributed by atoms with E-state index in [-0.39, 0.29) is 23.1 Å². The molecule has 0 aliphatic carbocycles. The highest BCUT2D eigenvalue weighted by molar-refractivity contribution is 6.74. The molecule has 0 saturated heterocycles. The average Bonchev–Trinajstić information content (AvgIpc) is 2.89. The van der Waals surface area contributed by atoms with Crippen molar-refractivity contribution in [3.05, 3.63) is 83.7 Å². The molecule has 0 bridgehead atoms. The fourth-order valence-corrected chi connectivity index (χ4v) is 5.64. The van der Waals surface area contributed by atoms with Crippen molar-refractivity contribution in [2.75, 3.05) is 0 Å². The fraction of sp³-hybridized carbons (Fsp3) is 0.485. The van der Waals surface area contributed by atoms with E-state index in [1.807, 2.05) is 81.4 Å². The molecular formula is C33H49N3O5Si. The van der Waals surface area contributed by atoms with Crippen molar-refractivity contribution in [1.82, 2.24) is 10.6 Å². The smallest absolute Gasteiger partial charge is 0.407 e. The first-order chi connectivity index (χ1) is 19.5. The predicted octanol–water partition coefficient (Wildman–Crippen LogP) is 5.88. The van der Waals surface area contributed by atoms with Crippen molar-refractivity contribution in [2.45, 2.75) is 96.7 Å². The first kappa shape index (κ1) is 34.8. The minimum atomic E-state index is -2.40. The maximum Gasteiger partial charge on any atom is 0.407 e. The molecule has 230 valence electrons. The van der Waals surface area contributed by atoms with Gasteiger partial charge in [-0.15, -0.1) is 0 Å². The molecule has 2 aromatic carbocycles. The Labute approximate surface area is 252 Å². The molecule has 0 aromatic heterocycles. The van der Waals surface area contributed by atoms with E-state index in [9.17, 15) is 14.4 Å². The number of benzene rings is 2. The van der Waals surface area contributed by atoms with Gasteiger partial charge in [-0.25, -0.2) is 4.79 Å². The third kappa shape index (κ3) is 11.4. The molecule has 0 fully saturated rings. The van der Waals surface area contributed by atoms with Gasteiger partial charge in [0, 0.05) is 12.1 Å². The number of nitrogens with two attached hydrogens (primary N) is 1. The SMILES string of the molecule is CC(C)(C)OC(=O)N[C@@H](Cc1ccccc1)[C@H](C[C@@H](Cc1ccccc1)C(=O)N/C(C=O)=C/N)O[Si](C)(C)C(C)(C)C. The van der Waals surface area contributed by atoms with Crippen molar-refractivity contribution < 1.29 is 23.5 Å². The molecule has 2 rings (SSSR count). The van der Waals surface area contributed by atoms with Gasteiger partial charge in [0.1, 0.15) is 5.60 Å². The van der Waals surface area contributed by atoms with Crippen LogP contribution in [0, 0.1) is 5.92 Å². The first-order valence-corrected chi connectivity index (χ1v) is 17.4. The number of hydrogen-bond donors (Lipinski definition) is 3. The van der Waals surface area contributed by atoms with Gasteiger partial charge in [0.15, 0.2) is 14.6 Å². The number of carbonyl (C=O) groups is 3. The second kappa shape index (κ2) is 15.2. The number of rotatable bonds is 13. The molecule has 0 aliphatic rings. The normalized spacial score (nSPS) is 14.8. The van der Waals surface area contributed by atoms with Gasteiger partial charge in [0.2, 0.25) is 5.91 Å². The van der Waals surface area contributed by atoms with Gasteiger partial charge in [0.25, 0.3) is 0 Å². The Morgan fingerprint density at radius 2 is 1.43 bits per heavy atom. The van der Waals surface area contributed by atoms with Crippen LogP contribution in [0.4, 0.5) is 4.79 Å². The molecular weight excluding hydrogens is 546 g/mol. The van der Waals surface area contributed by atoms with E-state index in [1.165, 1.54) is 0 Å². The van der Waals surface area contributed by atoms with Crippen LogP contribution < -0.4 is 16.4 Å². The summed E-state index contributed by atoms with van der Waals surface area (Å²) in [5.74, 6) is -0.932. The monoisotopic (exact) mass is 595 g/mol. The number of ether oxygens (including phenoxy) is 1. The van der Waals surface area contributed by atoms with Crippen LogP contribution in [0.5, 0.6) is 0 Å². The number of amides is 2. The second-order valence-electron chi connectivity index (χ2n) is 13.2. The summed E-state index contributed by atoms with van der Waals surface area (Å²) < 4.78 is 12.7. The molecule has 2 aromatic rings. The van der Waals surface area contributed by atoms with E-state index >= 15 is 0 Å². The quantitative estimate of drug-likeness (QED) is 0.151. The van der Waals surface area contributed by atoms with Gasteiger partial charge in [-0.3, -0.25) is 9.59 Å². The highest BCUT2D eigenvalue weighted by Gasteiger charge is 2.42. The summed E-state index contributed by atoms with van der Waals surface area (Å²) in [5.41, 5.74) is 6.85. The zero-order valence-corrected chi connectivity index (χ0v) is 27.4. The maximum absolute atomic E-state index is 13.6.